The Morgan fingerprint density at radius 2 is 1.86 bits per heavy atom. The predicted octanol–water partition coefficient (Wildman–Crippen LogP) is 3.03. The van der Waals surface area contributed by atoms with Gasteiger partial charge in [-0.3, -0.25) is 4.79 Å². The molecule has 0 aliphatic heterocycles. The highest BCUT2D eigenvalue weighted by Crippen LogP contribution is 2.22. The SMILES string of the molecule is CC(=O)Nc1cccc(OCCNC(N)=NCc2ccc(OC(F)(F)F)cc2)c1. The highest BCUT2D eigenvalue weighted by atomic mass is 19.4. The lowest BCUT2D eigenvalue weighted by Gasteiger charge is -2.10. The van der Waals surface area contributed by atoms with E-state index in [0.717, 1.165) is 0 Å². The van der Waals surface area contributed by atoms with Crippen LogP contribution in [-0.2, 0) is 11.3 Å². The Morgan fingerprint density at radius 1 is 1.14 bits per heavy atom. The normalized spacial score (nSPS) is 11.7. The number of alkyl halides is 3. The fourth-order valence-corrected chi connectivity index (χ4v) is 2.24. The number of guanidine groups is 1. The van der Waals surface area contributed by atoms with Gasteiger partial charge in [0.1, 0.15) is 18.1 Å². The van der Waals surface area contributed by atoms with E-state index in [1.807, 2.05) is 0 Å². The van der Waals surface area contributed by atoms with Gasteiger partial charge < -0.3 is 25.8 Å². The number of nitrogens with two attached hydrogens (primary N) is 1. The maximum Gasteiger partial charge on any atom is 0.573 e. The fraction of sp³-hybridized carbons (Fsp3) is 0.263. The molecular weight excluding hydrogens is 389 g/mol. The molecule has 156 valence electrons. The van der Waals surface area contributed by atoms with E-state index in [9.17, 15) is 18.0 Å². The van der Waals surface area contributed by atoms with Crippen molar-refractivity contribution in [3.05, 3.63) is 54.1 Å². The van der Waals surface area contributed by atoms with Crippen LogP contribution in [0.1, 0.15) is 12.5 Å². The lowest BCUT2D eigenvalue weighted by atomic mass is 10.2. The van der Waals surface area contributed by atoms with Gasteiger partial charge in [-0.15, -0.1) is 13.2 Å². The van der Waals surface area contributed by atoms with Gasteiger partial charge in [0.15, 0.2) is 5.96 Å². The second kappa shape index (κ2) is 10.2. The number of aliphatic imine (C=N–C) groups is 1. The third-order valence-corrected chi connectivity index (χ3v) is 3.42. The largest absolute Gasteiger partial charge is 0.573 e. The highest BCUT2D eigenvalue weighted by Gasteiger charge is 2.30. The zero-order valence-electron chi connectivity index (χ0n) is 15.6. The van der Waals surface area contributed by atoms with E-state index in [0.29, 0.717) is 30.2 Å². The van der Waals surface area contributed by atoms with Crippen LogP contribution in [0.15, 0.2) is 53.5 Å². The number of carbonyl (C=O) groups is 1. The number of nitrogens with one attached hydrogen (secondary N) is 2. The number of amides is 1. The van der Waals surface area contributed by atoms with Crippen molar-refractivity contribution in [1.29, 1.82) is 0 Å². The summed E-state index contributed by atoms with van der Waals surface area (Å²) < 4.78 is 45.7. The van der Waals surface area contributed by atoms with E-state index in [2.05, 4.69) is 20.4 Å². The van der Waals surface area contributed by atoms with Crippen molar-refractivity contribution in [3.63, 3.8) is 0 Å². The first-order valence-corrected chi connectivity index (χ1v) is 8.60. The molecule has 0 heterocycles. The Labute approximate surface area is 165 Å². The molecule has 4 N–H and O–H groups in total. The van der Waals surface area contributed by atoms with Gasteiger partial charge in [-0.2, -0.15) is 0 Å². The van der Waals surface area contributed by atoms with Gasteiger partial charge >= 0.3 is 6.36 Å². The summed E-state index contributed by atoms with van der Waals surface area (Å²) in [5.74, 6) is 0.303. The molecule has 7 nitrogen and oxygen atoms in total. The molecule has 1 amide bonds. The summed E-state index contributed by atoms with van der Waals surface area (Å²) in [4.78, 5) is 15.2. The van der Waals surface area contributed by atoms with Crippen molar-refractivity contribution < 1.29 is 27.4 Å². The van der Waals surface area contributed by atoms with E-state index in [-0.39, 0.29) is 24.2 Å². The van der Waals surface area contributed by atoms with Crippen LogP contribution in [0, 0.1) is 0 Å². The van der Waals surface area contributed by atoms with Gasteiger partial charge in [0.2, 0.25) is 5.91 Å². The summed E-state index contributed by atoms with van der Waals surface area (Å²) in [6, 6.07) is 12.3. The third-order valence-electron chi connectivity index (χ3n) is 3.42. The van der Waals surface area contributed by atoms with Crippen LogP contribution in [-0.4, -0.2) is 31.4 Å². The molecule has 0 aromatic heterocycles. The molecule has 0 spiro atoms. The first-order chi connectivity index (χ1) is 13.7. The third kappa shape index (κ3) is 8.87. The van der Waals surface area contributed by atoms with Gasteiger partial charge in [0.05, 0.1) is 13.1 Å². The summed E-state index contributed by atoms with van der Waals surface area (Å²) in [6.45, 7) is 2.32. The van der Waals surface area contributed by atoms with E-state index >= 15 is 0 Å². The second-order valence-corrected chi connectivity index (χ2v) is 5.88. The van der Waals surface area contributed by atoms with Gasteiger partial charge in [0.25, 0.3) is 0 Å². The molecule has 2 rings (SSSR count). The number of hydrogen-bond donors (Lipinski definition) is 3. The summed E-state index contributed by atoms with van der Waals surface area (Å²) >= 11 is 0. The van der Waals surface area contributed by atoms with Crippen molar-refractivity contribution in [2.75, 3.05) is 18.5 Å². The maximum atomic E-state index is 12.1. The van der Waals surface area contributed by atoms with E-state index < -0.39 is 6.36 Å². The van der Waals surface area contributed by atoms with Crippen molar-refractivity contribution in [2.45, 2.75) is 19.8 Å². The number of nitrogens with zero attached hydrogens (tertiary/aromatic N) is 1. The Bertz CT molecular complexity index is 839. The molecule has 0 radical (unpaired) electrons. The van der Waals surface area contributed by atoms with Crippen molar-refractivity contribution >= 4 is 17.6 Å². The van der Waals surface area contributed by atoms with Gasteiger partial charge in [0, 0.05) is 18.7 Å². The topological polar surface area (TPSA) is 98.0 Å². The molecule has 2 aromatic carbocycles. The number of carbonyl (C=O) groups excluding carboxylic acids is 1. The first kappa shape index (κ1) is 21.9. The van der Waals surface area contributed by atoms with Crippen LogP contribution < -0.4 is 25.8 Å². The van der Waals surface area contributed by atoms with Crippen LogP contribution in [0.25, 0.3) is 0 Å². The van der Waals surface area contributed by atoms with Crippen LogP contribution in [0.5, 0.6) is 11.5 Å². The lowest BCUT2D eigenvalue weighted by Crippen LogP contribution is -2.34. The van der Waals surface area contributed by atoms with Crippen molar-refractivity contribution in [3.8, 4) is 11.5 Å². The molecule has 0 unspecified atom stereocenters. The molecule has 29 heavy (non-hydrogen) atoms. The number of anilines is 1. The van der Waals surface area contributed by atoms with E-state index in [1.54, 1.807) is 24.3 Å². The number of rotatable bonds is 8. The molecule has 0 saturated heterocycles. The van der Waals surface area contributed by atoms with Gasteiger partial charge in [-0.25, -0.2) is 4.99 Å². The van der Waals surface area contributed by atoms with Crippen LogP contribution in [0.4, 0.5) is 18.9 Å². The van der Waals surface area contributed by atoms with Crippen LogP contribution >= 0.6 is 0 Å². The maximum absolute atomic E-state index is 12.1. The standard InChI is InChI=1S/C19H21F3N4O3/c1-13(27)26-15-3-2-4-17(11-15)28-10-9-24-18(23)25-12-14-5-7-16(8-6-14)29-19(20,21)22/h2-8,11H,9-10,12H2,1H3,(H,26,27)(H3,23,24,25). The zero-order valence-corrected chi connectivity index (χ0v) is 15.6. The number of halogens is 3. The monoisotopic (exact) mass is 410 g/mol. The fourth-order valence-electron chi connectivity index (χ4n) is 2.24. The molecule has 0 fully saturated rings. The lowest BCUT2D eigenvalue weighted by molar-refractivity contribution is -0.274. The van der Waals surface area contributed by atoms with Crippen LogP contribution in [0.3, 0.4) is 0 Å². The predicted molar refractivity (Wildman–Crippen MR) is 103 cm³/mol. The number of hydrogen-bond acceptors (Lipinski definition) is 4. The first-order valence-electron chi connectivity index (χ1n) is 8.60. The highest BCUT2D eigenvalue weighted by molar-refractivity contribution is 5.88. The average molecular weight is 410 g/mol. The molecule has 0 aliphatic rings. The summed E-state index contributed by atoms with van der Waals surface area (Å²) in [7, 11) is 0. The summed E-state index contributed by atoms with van der Waals surface area (Å²) in [6.07, 6.45) is -4.72. The Kier molecular flexibility index (Phi) is 7.70. The minimum atomic E-state index is -4.72. The van der Waals surface area contributed by atoms with Gasteiger partial charge in [-0.1, -0.05) is 18.2 Å². The molecule has 0 saturated carbocycles. The summed E-state index contributed by atoms with van der Waals surface area (Å²) in [5, 5.41) is 5.54. The molecule has 2 aromatic rings. The zero-order chi connectivity index (χ0) is 21.3. The minimum absolute atomic E-state index is 0.171. The molecule has 0 bridgehead atoms. The van der Waals surface area contributed by atoms with Crippen LogP contribution in [0.2, 0.25) is 0 Å². The van der Waals surface area contributed by atoms with Crippen molar-refractivity contribution in [1.82, 2.24) is 5.32 Å². The Hall–Kier alpha value is -3.43. The van der Waals surface area contributed by atoms with E-state index in [1.165, 1.54) is 31.2 Å². The smallest absolute Gasteiger partial charge is 0.492 e. The van der Waals surface area contributed by atoms with Crippen molar-refractivity contribution in [2.24, 2.45) is 10.7 Å². The minimum Gasteiger partial charge on any atom is -0.492 e. The van der Waals surface area contributed by atoms with E-state index in [4.69, 9.17) is 10.5 Å². The number of ether oxygens (including phenoxy) is 2. The molecule has 0 atom stereocenters. The molecule has 10 heteroatoms. The summed E-state index contributed by atoms with van der Waals surface area (Å²) in [5.41, 5.74) is 7.07. The molecular formula is C19H21F3N4O3. The quantitative estimate of drug-likeness (QED) is 0.353. The Balaban J connectivity index is 1.73. The molecule has 0 aliphatic carbocycles. The number of benzene rings is 2. The average Bonchev–Trinajstić information content (AvgIpc) is 2.63. The van der Waals surface area contributed by atoms with Gasteiger partial charge in [-0.05, 0) is 29.8 Å². The Morgan fingerprint density at radius 3 is 2.52 bits per heavy atom. The second-order valence-electron chi connectivity index (χ2n) is 5.88.